The molecule has 0 aliphatic carbocycles. The Labute approximate surface area is 173 Å². The van der Waals surface area contributed by atoms with Crippen LogP contribution in [0.2, 0.25) is 0 Å². The fraction of sp³-hybridized carbons (Fsp3) is 0.722. The van der Waals surface area contributed by atoms with E-state index in [1.54, 1.807) is 0 Å². The fourth-order valence-electron chi connectivity index (χ4n) is 3.70. The summed E-state index contributed by atoms with van der Waals surface area (Å²) in [5.74, 6) is -3.22. The molecule has 2 rings (SSSR count). The van der Waals surface area contributed by atoms with Gasteiger partial charge in [0.05, 0.1) is 12.6 Å². The van der Waals surface area contributed by atoms with Crippen molar-refractivity contribution < 1.29 is 34.2 Å². The van der Waals surface area contributed by atoms with Crippen molar-refractivity contribution in [1.29, 1.82) is 0 Å². The van der Waals surface area contributed by atoms with Gasteiger partial charge in [-0.05, 0) is 32.6 Å². The molecule has 4 atom stereocenters. The Morgan fingerprint density at radius 1 is 0.967 bits per heavy atom. The summed E-state index contributed by atoms with van der Waals surface area (Å²) in [6.07, 6.45) is 0.966. The summed E-state index contributed by atoms with van der Waals surface area (Å²) in [5, 5.41) is 23.0. The van der Waals surface area contributed by atoms with Crippen LogP contribution in [0.5, 0.6) is 0 Å². The van der Waals surface area contributed by atoms with Gasteiger partial charge >= 0.3 is 5.97 Å². The first-order valence-electron chi connectivity index (χ1n) is 9.94. The third-order valence-electron chi connectivity index (χ3n) is 5.35. The average Bonchev–Trinajstić information content (AvgIpc) is 3.38. The molecule has 2 aliphatic heterocycles. The van der Waals surface area contributed by atoms with Gasteiger partial charge in [0, 0.05) is 13.1 Å². The van der Waals surface area contributed by atoms with Gasteiger partial charge in [-0.1, -0.05) is 0 Å². The lowest BCUT2D eigenvalue weighted by atomic mass is 10.1. The largest absolute Gasteiger partial charge is 0.480 e. The summed E-state index contributed by atoms with van der Waals surface area (Å²) in [4.78, 5) is 62.8. The van der Waals surface area contributed by atoms with Crippen LogP contribution in [0.25, 0.3) is 0 Å². The molecule has 0 radical (unpaired) electrons. The molecule has 0 unspecified atom stereocenters. The number of amides is 4. The maximum Gasteiger partial charge on any atom is 0.322 e. The first-order valence-corrected chi connectivity index (χ1v) is 9.94. The maximum absolute atomic E-state index is 12.5. The van der Waals surface area contributed by atoms with Crippen molar-refractivity contribution in [2.45, 2.75) is 56.8 Å². The minimum Gasteiger partial charge on any atom is -0.480 e. The van der Waals surface area contributed by atoms with Crippen molar-refractivity contribution in [3.05, 3.63) is 0 Å². The molecule has 0 aromatic heterocycles. The van der Waals surface area contributed by atoms with Crippen LogP contribution in [-0.2, 0) is 24.0 Å². The Kier molecular flexibility index (Phi) is 8.12. The molecule has 12 heteroatoms. The predicted molar refractivity (Wildman–Crippen MR) is 103 cm³/mol. The van der Waals surface area contributed by atoms with Gasteiger partial charge < -0.3 is 36.4 Å². The highest BCUT2D eigenvalue weighted by Crippen LogP contribution is 2.20. The smallest absolute Gasteiger partial charge is 0.322 e. The van der Waals surface area contributed by atoms with E-state index in [-0.39, 0.29) is 6.54 Å². The van der Waals surface area contributed by atoms with Gasteiger partial charge in [0.15, 0.2) is 0 Å². The highest BCUT2D eigenvalue weighted by molar-refractivity contribution is 5.94. The molecule has 12 nitrogen and oxygen atoms in total. The first-order chi connectivity index (χ1) is 14.1. The van der Waals surface area contributed by atoms with Crippen molar-refractivity contribution in [3.8, 4) is 0 Å². The van der Waals surface area contributed by atoms with Crippen LogP contribution in [0.1, 0.15) is 32.6 Å². The van der Waals surface area contributed by atoms with Crippen LogP contribution >= 0.6 is 0 Å². The molecule has 0 spiro atoms. The van der Waals surface area contributed by atoms with Gasteiger partial charge in [-0.25, -0.2) is 0 Å². The number of carboxylic acid groups (broad SMARTS) is 1. The van der Waals surface area contributed by atoms with Gasteiger partial charge in [0.25, 0.3) is 0 Å². The van der Waals surface area contributed by atoms with Gasteiger partial charge in [0.2, 0.25) is 23.6 Å². The third-order valence-corrected chi connectivity index (χ3v) is 5.35. The Hall–Kier alpha value is -2.73. The number of rotatable bonds is 8. The molecule has 0 saturated carbocycles. The van der Waals surface area contributed by atoms with E-state index in [1.807, 2.05) is 0 Å². The Morgan fingerprint density at radius 2 is 1.47 bits per heavy atom. The Bertz CT molecular complexity index is 698. The summed E-state index contributed by atoms with van der Waals surface area (Å²) in [6, 6.07) is -2.68. The van der Waals surface area contributed by atoms with Crippen LogP contribution in [0, 0.1) is 0 Å². The average molecular weight is 427 g/mol. The first kappa shape index (κ1) is 23.5. The number of nitrogens with two attached hydrogens (primary N) is 1. The summed E-state index contributed by atoms with van der Waals surface area (Å²) in [7, 11) is 0. The molecular weight excluding hydrogens is 398 g/mol. The highest BCUT2D eigenvalue weighted by atomic mass is 16.4. The lowest BCUT2D eigenvalue weighted by Gasteiger charge is -2.28. The maximum atomic E-state index is 12.5. The van der Waals surface area contributed by atoms with Gasteiger partial charge in [-0.3, -0.25) is 24.0 Å². The van der Waals surface area contributed by atoms with E-state index in [9.17, 15) is 29.1 Å². The summed E-state index contributed by atoms with van der Waals surface area (Å²) < 4.78 is 0. The molecule has 6 N–H and O–H groups in total. The number of carbonyl (C=O) groups is 5. The number of carboxylic acids is 1. The molecule has 30 heavy (non-hydrogen) atoms. The van der Waals surface area contributed by atoms with E-state index in [1.165, 1.54) is 16.7 Å². The minimum absolute atomic E-state index is 0.330. The van der Waals surface area contributed by atoms with Crippen molar-refractivity contribution in [3.63, 3.8) is 0 Å². The summed E-state index contributed by atoms with van der Waals surface area (Å²) in [5.41, 5.74) is 5.69. The monoisotopic (exact) mass is 427 g/mol. The number of nitrogens with one attached hydrogen (secondary N) is 2. The third kappa shape index (κ3) is 5.66. The Balaban J connectivity index is 1.90. The van der Waals surface area contributed by atoms with Gasteiger partial charge in [0.1, 0.15) is 24.7 Å². The zero-order chi connectivity index (χ0) is 22.4. The number of likely N-dealkylation sites (tertiary alicyclic amines) is 2. The van der Waals surface area contributed by atoms with Crippen LogP contribution in [0.4, 0.5) is 0 Å². The van der Waals surface area contributed by atoms with E-state index in [0.717, 1.165) is 0 Å². The van der Waals surface area contributed by atoms with Gasteiger partial charge in [-0.2, -0.15) is 0 Å². The van der Waals surface area contributed by atoms with Crippen molar-refractivity contribution in [2.75, 3.05) is 26.2 Å². The zero-order valence-corrected chi connectivity index (χ0v) is 16.9. The lowest BCUT2D eigenvalue weighted by molar-refractivity contribution is -0.142. The second kappa shape index (κ2) is 10.3. The second-order valence-electron chi connectivity index (χ2n) is 7.53. The molecule has 168 valence electrons. The van der Waals surface area contributed by atoms with E-state index in [0.29, 0.717) is 38.8 Å². The van der Waals surface area contributed by atoms with Crippen LogP contribution in [0.15, 0.2) is 0 Å². The number of hydrogen-bond donors (Lipinski definition) is 5. The number of aliphatic hydroxyl groups excluding tert-OH is 1. The zero-order valence-electron chi connectivity index (χ0n) is 16.9. The highest BCUT2D eigenvalue weighted by Gasteiger charge is 2.38. The number of aliphatic hydroxyl groups is 1. The van der Waals surface area contributed by atoms with E-state index in [2.05, 4.69) is 10.6 Å². The SMILES string of the molecule is C[C@@H](O)[C@H](N)C(=O)N1CCC[C@H]1C(=O)NCC(=O)N1CCC[C@H]1C(=O)NCC(=O)O. The number of hydrogen-bond acceptors (Lipinski definition) is 7. The van der Waals surface area contributed by atoms with Crippen molar-refractivity contribution in [2.24, 2.45) is 5.73 Å². The molecule has 0 aromatic rings. The molecule has 4 amide bonds. The molecule has 2 heterocycles. The Morgan fingerprint density at radius 3 is 2.00 bits per heavy atom. The minimum atomic E-state index is -1.18. The molecule has 2 aliphatic rings. The lowest BCUT2D eigenvalue weighted by Crippen LogP contribution is -2.55. The number of carbonyl (C=O) groups excluding carboxylic acids is 4. The van der Waals surface area contributed by atoms with Crippen LogP contribution in [-0.4, -0.2) is 100 Å². The summed E-state index contributed by atoms with van der Waals surface area (Å²) >= 11 is 0. The molecule has 0 bridgehead atoms. The van der Waals surface area contributed by atoms with Gasteiger partial charge in [-0.15, -0.1) is 0 Å². The molecule has 2 fully saturated rings. The topological polar surface area (TPSA) is 182 Å². The normalized spacial score (nSPS) is 23.0. The van der Waals surface area contributed by atoms with Crippen molar-refractivity contribution >= 4 is 29.6 Å². The van der Waals surface area contributed by atoms with Crippen LogP contribution < -0.4 is 16.4 Å². The van der Waals surface area contributed by atoms with Crippen LogP contribution in [0.3, 0.4) is 0 Å². The predicted octanol–water partition coefficient (Wildman–Crippen LogP) is -3.01. The molecular formula is C18H29N5O7. The number of nitrogens with zero attached hydrogens (tertiary/aromatic N) is 2. The van der Waals surface area contributed by atoms with E-state index < -0.39 is 60.4 Å². The molecule has 0 aromatic carbocycles. The van der Waals surface area contributed by atoms with Crippen molar-refractivity contribution in [1.82, 2.24) is 20.4 Å². The van der Waals surface area contributed by atoms with E-state index in [4.69, 9.17) is 10.8 Å². The quantitative estimate of drug-likeness (QED) is 0.271. The number of aliphatic carboxylic acids is 1. The van der Waals surface area contributed by atoms with E-state index >= 15 is 0 Å². The standard InChI is InChI=1S/C18H29N5O7/c1-10(24)15(19)18(30)23-7-3-5-12(23)17(29)20-8-13(25)22-6-2-4-11(22)16(28)21-9-14(26)27/h10-12,15,24H,2-9,19H2,1H3,(H,20,29)(H,21,28)(H,26,27)/t10-,11+,12+,15+/m1/s1. The second-order valence-corrected chi connectivity index (χ2v) is 7.53. The fourth-order valence-corrected chi connectivity index (χ4v) is 3.70. The summed E-state index contributed by atoms with van der Waals surface area (Å²) in [6.45, 7) is 1.18. The molecule has 2 saturated heterocycles.